The third kappa shape index (κ3) is 3.83. The SMILES string of the molecule is O=C(NCCc1ccccn1)Nc1ccc2nc(C(F)F)[nH]c2c1. The average molecular weight is 331 g/mol. The van der Waals surface area contributed by atoms with Crippen molar-refractivity contribution < 1.29 is 13.6 Å². The van der Waals surface area contributed by atoms with Gasteiger partial charge < -0.3 is 15.6 Å². The monoisotopic (exact) mass is 331 g/mol. The van der Waals surface area contributed by atoms with E-state index < -0.39 is 6.43 Å². The summed E-state index contributed by atoms with van der Waals surface area (Å²) in [4.78, 5) is 22.3. The molecule has 0 unspecified atom stereocenters. The number of hydrogen-bond donors (Lipinski definition) is 3. The number of carbonyl (C=O) groups excluding carboxylic acids is 1. The summed E-state index contributed by atoms with van der Waals surface area (Å²) in [6, 6.07) is 9.96. The Morgan fingerprint density at radius 2 is 2.12 bits per heavy atom. The molecule has 0 spiro atoms. The molecule has 0 atom stereocenters. The molecule has 3 rings (SSSR count). The maximum absolute atomic E-state index is 12.6. The smallest absolute Gasteiger partial charge is 0.319 e. The molecule has 0 aliphatic heterocycles. The van der Waals surface area contributed by atoms with E-state index in [0.29, 0.717) is 29.7 Å². The summed E-state index contributed by atoms with van der Waals surface area (Å²) in [6.07, 6.45) is -0.349. The lowest BCUT2D eigenvalue weighted by atomic mass is 10.2. The van der Waals surface area contributed by atoms with Crippen LogP contribution in [-0.4, -0.2) is 27.5 Å². The van der Waals surface area contributed by atoms with Gasteiger partial charge in [0.1, 0.15) is 0 Å². The van der Waals surface area contributed by atoms with Crippen LogP contribution in [0.2, 0.25) is 0 Å². The Kier molecular flexibility index (Phi) is 4.64. The molecular formula is C16H15F2N5O. The number of fused-ring (bicyclic) bond motifs is 1. The van der Waals surface area contributed by atoms with E-state index in [9.17, 15) is 13.6 Å². The van der Waals surface area contributed by atoms with Crippen LogP contribution >= 0.6 is 0 Å². The second-order valence-corrected chi connectivity index (χ2v) is 5.11. The van der Waals surface area contributed by atoms with Crippen molar-refractivity contribution in [2.75, 3.05) is 11.9 Å². The largest absolute Gasteiger partial charge is 0.337 e. The molecule has 24 heavy (non-hydrogen) atoms. The molecule has 0 saturated heterocycles. The molecule has 0 aliphatic rings. The maximum atomic E-state index is 12.6. The van der Waals surface area contributed by atoms with Gasteiger partial charge in [0.15, 0.2) is 5.82 Å². The normalized spacial score (nSPS) is 11.0. The number of H-pyrrole nitrogens is 1. The highest BCUT2D eigenvalue weighted by molar-refractivity contribution is 5.91. The molecular weight excluding hydrogens is 316 g/mol. The molecule has 2 aromatic heterocycles. The highest BCUT2D eigenvalue weighted by Crippen LogP contribution is 2.22. The first-order valence-electron chi connectivity index (χ1n) is 7.34. The number of pyridine rings is 1. The zero-order chi connectivity index (χ0) is 16.9. The minimum absolute atomic E-state index is 0.376. The molecule has 0 bridgehead atoms. The Morgan fingerprint density at radius 3 is 2.88 bits per heavy atom. The predicted octanol–water partition coefficient (Wildman–Crippen LogP) is 3.26. The lowest BCUT2D eigenvalue weighted by Gasteiger charge is -2.07. The number of benzene rings is 1. The topological polar surface area (TPSA) is 82.7 Å². The van der Waals surface area contributed by atoms with Gasteiger partial charge in [0, 0.05) is 30.5 Å². The predicted molar refractivity (Wildman–Crippen MR) is 86.0 cm³/mol. The van der Waals surface area contributed by atoms with Gasteiger partial charge in [-0.1, -0.05) is 6.07 Å². The number of aromatic amines is 1. The van der Waals surface area contributed by atoms with E-state index in [1.807, 2.05) is 18.2 Å². The first-order valence-corrected chi connectivity index (χ1v) is 7.34. The van der Waals surface area contributed by atoms with Gasteiger partial charge in [-0.15, -0.1) is 0 Å². The Hall–Kier alpha value is -3.03. The number of nitrogens with zero attached hydrogens (tertiary/aromatic N) is 2. The second-order valence-electron chi connectivity index (χ2n) is 5.11. The Morgan fingerprint density at radius 1 is 1.25 bits per heavy atom. The van der Waals surface area contributed by atoms with Crippen LogP contribution in [0.15, 0.2) is 42.6 Å². The van der Waals surface area contributed by atoms with Gasteiger partial charge in [0.05, 0.1) is 11.0 Å². The van der Waals surface area contributed by atoms with Crippen molar-refractivity contribution in [3.63, 3.8) is 0 Å². The zero-order valence-electron chi connectivity index (χ0n) is 12.6. The van der Waals surface area contributed by atoms with Gasteiger partial charge in [0.25, 0.3) is 6.43 Å². The molecule has 0 saturated carbocycles. The van der Waals surface area contributed by atoms with Crippen LogP contribution in [0, 0.1) is 0 Å². The van der Waals surface area contributed by atoms with E-state index in [0.717, 1.165) is 5.69 Å². The fourth-order valence-corrected chi connectivity index (χ4v) is 2.24. The number of aromatic nitrogens is 3. The highest BCUT2D eigenvalue weighted by atomic mass is 19.3. The van der Waals surface area contributed by atoms with Crippen molar-refractivity contribution in [2.24, 2.45) is 0 Å². The van der Waals surface area contributed by atoms with Crippen molar-refractivity contribution in [3.8, 4) is 0 Å². The highest BCUT2D eigenvalue weighted by Gasteiger charge is 2.13. The quantitative estimate of drug-likeness (QED) is 0.671. The van der Waals surface area contributed by atoms with E-state index in [4.69, 9.17) is 0 Å². The number of rotatable bonds is 5. The third-order valence-electron chi connectivity index (χ3n) is 3.36. The molecule has 6 nitrogen and oxygen atoms in total. The number of urea groups is 1. The van der Waals surface area contributed by atoms with Crippen LogP contribution in [0.3, 0.4) is 0 Å². The van der Waals surface area contributed by atoms with Crippen LogP contribution in [-0.2, 0) is 6.42 Å². The summed E-state index contributed by atoms with van der Waals surface area (Å²) in [5, 5.41) is 5.37. The van der Waals surface area contributed by atoms with Gasteiger partial charge in [-0.2, -0.15) is 0 Å². The number of amides is 2. The van der Waals surface area contributed by atoms with Gasteiger partial charge in [0.2, 0.25) is 0 Å². The van der Waals surface area contributed by atoms with E-state index in [2.05, 4.69) is 25.6 Å². The van der Waals surface area contributed by atoms with Crippen LogP contribution in [0.1, 0.15) is 17.9 Å². The van der Waals surface area contributed by atoms with Gasteiger partial charge in [-0.25, -0.2) is 18.6 Å². The molecule has 124 valence electrons. The van der Waals surface area contributed by atoms with Crippen molar-refractivity contribution in [3.05, 3.63) is 54.1 Å². The standard InChI is InChI=1S/C16H15F2N5O/c17-14(18)15-22-12-5-4-11(9-13(12)23-15)21-16(24)20-8-6-10-3-1-2-7-19-10/h1-5,7,9,14H,6,8H2,(H,22,23)(H2,20,21,24). The van der Waals surface area contributed by atoms with Crippen molar-refractivity contribution >= 4 is 22.8 Å². The number of imidazole rings is 1. The summed E-state index contributed by atoms with van der Waals surface area (Å²) in [6.45, 7) is 0.435. The van der Waals surface area contributed by atoms with E-state index in [-0.39, 0.29) is 11.9 Å². The summed E-state index contributed by atoms with van der Waals surface area (Å²) >= 11 is 0. The summed E-state index contributed by atoms with van der Waals surface area (Å²) < 4.78 is 25.2. The molecule has 0 aliphatic carbocycles. The fraction of sp³-hybridized carbons (Fsp3) is 0.188. The summed E-state index contributed by atoms with van der Waals surface area (Å²) in [5.74, 6) is -0.387. The Labute approximate surface area is 136 Å². The molecule has 3 N–H and O–H groups in total. The molecule has 8 heteroatoms. The van der Waals surface area contributed by atoms with Gasteiger partial charge in [-0.05, 0) is 30.3 Å². The molecule has 0 fully saturated rings. The molecule has 2 heterocycles. The number of alkyl halides is 2. The first kappa shape index (κ1) is 15.9. The minimum Gasteiger partial charge on any atom is -0.337 e. The number of halogens is 2. The van der Waals surface area contributed by atoms with E-state index >= 15 is 0 Å². The van der Waals surface area contributed by atoms with E-state index in [1.54, 1.807) is 24.4 Å². The number of nitrogens with one attached hydrogen (secondary N) is 3. The molecule has 3 aromatic rings. The summed E-state index contributed by atoms with van der Waals surface area (Å²) in [5.41, 5.74) is 2.24. The Bertz CT molecular complexity index is 835. The number of carbonyl (C=O) groups is 1. The lowest BCUT2D eigenvalue weighted by molar-refractivity contribution is 0.142. The van der Waals surface area contributed by atoms with Crippen LogP contribution in [0.25, 0.3) is 11.0 Å². The number of anilines is 1. The lowest BCUT2D eigenvalue weighted by Crippen LogP contribution is -2.30. The summed E-state index contributed by atoms with van der Waals surface area (Å²) in [7, 11) is 0. The fourth-order valence-electron chi connectivity index (χ4n) is 2.24. The van der Waals surface area contributed by atoms with Crippen LogP contribution in [0.4, 0.5) is 19.3 Å². The molecule has 2 amide bonds. The van der Waals surface area contributed by atoms with E-state index in [1.165, 1.54) is 0 Å². The Balaban J connectivity index is 1.56. The average Bonchev–Trinajstić information content (AvgIpc) is 2.99. The first-order chi connectivity index (χ1) is 11.6. The van der Waals surface area contributed by atoms with Crippen LogP contribution in [0.5, 0.6) is 0 Å². The van der Waals surface area contributed by atoms with Crippen molar-refractivity contribution in [1.29, 1.82) is 0 Å². The maximum Gasteiger partial charge on any atom is 0.319 e. The van der Waals surface area contributed by atoms with Gasteiger partial charge >= 0.3 is 6.03 Å². The zero-order valence-corrected chi connectivity index (χ0v) is 12.6. The third-order valence-corrected chi connectivity index (χ3v) is 3.36. The van der Waals surface area contributed by atoms with Crippen molar-refractivity contribution in [1.82, 2.24) is 20.3 Å². The van der Waals surface area contributed by atoms with Gasteiger partial charge in [-0.3, -0.25) is 4.98 Å². The van der Waals surface area contributed by atoms with Crippen LogP contribution < -0.4 is 10.6 Å². The second kappa shape index (κ2) is 7.03. The minimum atomic E-state index is -2.66. The molecule has 1 aromatic carbocycles. The molecule has 0 radical (unpaired) electrons. The van der Waals surface area contributed by atoms with Crippen molar-refractivity contribution in [2.45, 2.75) is 12.8 Å². The number of hydrogen-bond acceptors (Lipinski definition) is 3.